The van der Waals surface area contributed by atoms with E-state index in [0.717, 1.165) is 19.6 Å². The van der Waals surface area contributed by atoms with E-state index in [9.17, 15) is 8.42 Å². The summed E-state index contributed by atoms with van der Waals surface area (Å²) in [6.45, 7) is 2.56. The van der Waals surface area contributed by atoms with Gasteiger partial charge in [0, 0.05) is 32.7 Å². The first-order valence-corrected chi connectivity index (χ1v) is 8.24. The molecule has 0 radical (unpaired) electrons. The Morgan fingerprint density at radius 1 is 1.35 bits per heavy atom. The van der Waals surface area contributed by atoms with Crippen molar-refractivity contribution in [1.82, 2.24) is 19.0 Å². The first-order chi connectivity index (χ1) is 9.50. The Morgan fingerprint density at radius 2 is 2.15 bits per heavy atom. The van der Waals surface area contributed by atoms with E-state index in [4.69, 9.17) is 4.74 Å². The number of ether oxygens (including phenoxy) is 1. The lowest BCUT2D eigenvalue weighted by molar-refractivity contribution is -0.0840. The van der Waals surface area contributed by atoms with Gasteiger partial charge in [-0.1, -0.05) is 0 Å². The minimum atomic E-state index is -3.47. The smallest absolute Gasteiger partial charge is 0.260 e. The SMILES string of the molecule is CN1CCOC2CCN(S(=O)(=O)c3ccnn3C)CC21. The zero-order chi connectivity index (χ0) is 14.3. The van der Waals surface area contributed by atoms with Crippen LogP contribution in [-0.4, -0.2) is 72.8 Å². The second kappa shape index (κ2) is 5.10. The van der Waals surface area contributed by atoms with Gasteiger partial charge < -0.3 is 4.74 Å². The maximum Gasteiger partial charge on any atom is 0.260 e. The topological polar surface area (TPSA) is 67.7 Å². The molecule has 3 heterocycles. The summed E-state index contributed by atoms with van der Waals surface area (Å²) >= 11 is 0. The fourth-order valence-corrected chi connectivity index (χ4v) is 4.55. The number of hydrogen-bond donors (Lipinski definition) is 0. The van der Waals surface area contributed by atoms with Crippen molar-refractivity contribution in [2.24, 2.45) is 7.05 Å². The number of fused-ring (bicyclic) bond motifs is 1. The Balaban J connectivity index is 1.83. The summed E-state index contributed by atoms with van der Waals surface area (Å²) in [6.07, 6.45) is 2.40. The molecule has 0 amide bonds. The van der Waals surface area contributed by atoms with Gasteiger partial charge in [0.05, 0.1) is 18.9 Å². The van der Waals surface area contributed by atoms with Crippen molar-refractivity contribution < 1.29 is 13.2 Å². The fourth-order valence-electron chi connectivity index (χ4n) is 2.98. The minimum Gasteiger partial charge on any atom is -0.375 e. The molecule has 0 aliphatic carbocycles. The van der Waals surface area contributed by atoms with Crippen molar-refractivity contribution in [1.29, 1.82) is 0 Å². The molecule has 3 rings (SSSR count). The number of sulfonamides is 1. The van der Waals surface area contributed by atoms with Crippen LogP contribution < -0.4 is 0 Å². The van der Waals surface area contributed by atoms with Gasteiger partial charge in [-0.2, -0.15) is 9.40 Å². The van der Waals surface area contributed by atoms with Crippen molar-refractivity contribution >= 4 is 10.0 Å². The lowest BCUT2D eigenvalue weighted by atomic mass is 10.0. The summed E-state index contributed by atoms with van der Waals surface area (Å²) < 4.78 is 34.0. The van der Waals surface area contributed by atoms with Gasteiger partial charge in [0.2, 0.25) is 0 Å². The number of nitrogens with zero attached hydrogens (tertiary/aromatic N) is 4. The van der Waals surface area contributed by atoms with Crippen LogP contribution >= 0.6 is 0 Å². The molecule has 2 fully saturated rings. The van der Waals surface area contributed by atoms with Crippen molar-refractivity contribution in [3.63, 3.8) is 0 Å². The zero-order valence-corrected chi connectivity index (χ0v) is 12.6. The summed E-state index contributed by atoms with van der Waals surface area (Å²) in [6, 6.07) is 1.68. The van der Waals surface area contributed by atoms with Crippen LogP contribution in [0.4, 0.5) is 0 Å². The molecule has 0 saturated carbocycles. The van der Waals surface area contributed by atoms with E-state index in [1.807, 2.05) is 7.05 Å². The molecule has 7 nitrogen and oxygen atoms in total. The third kappa shape index (κ3) is 2.26. The van der Waals surface area contributed by atoms with E-state index in [1.54, 1.807) is 17.4 Å². The first kappa shape index (κ1) is 14.0. The highest BCUT2D eigenvalue weighted by molar-refractivity contribution is 7.89. The Morgan fingerprint density at radius 3 is 2.85 bits per heavy atom. The number of hydrogen-bond acceptors (Lipinski definition) is 5. The largest absolute Gasteiger partial charge is 0.375 e. The number of likely N-dealkylation sites (N-methyl/N-ethyl adjacent to an activating group) is 1. The Hall–Kier alpha value is -0.960. The van der Waals surface area contributed by atoms with Gasteiger partial charge in [0.1, 0.15) is 0 Å². The number of morpholine rings is 1. The molecule has 0 N–H and O–H groups in total. The maximum atomic E-state index is 12.7. The maximum absolute atomic E-state index is 12.7. The van der Waals surface area contributed by atoms with Crippen LogP contribution in [0.1, 0.15) is 6.42 Å². The van der Waals surface area contributed by atoms with Gasteiger partial charge in [0.25, 0.3) is 10.0 Å². The second-order valence-corrected chi connectivity index (χ2v) is 7.29. The van der Waals surface area contributed by atoms with Crippen LogP contribution in [-0.2, 0) is 21.8 Å². The predicted octanol–water partition coefficient (Wildman–Crippen LogP) is -0.486. The monoisotopic (exact) mass is 300 g/mol. The third-order valence-corrected chi connectivity index (χ3v) is 6.15. The number of aromatic nitrogens is 2. The van der Waals surface area contributed by atoms with Gasteiger partial charge in [-0.3, -0.25) is 9.58 Å². The molecule has 2 unspecified atom stereocenters. The molecule has 8 heteroatoms. The first-order valence-electron chi connectivity index (χ1n) is 6.80. The van der Waals surface area contributed by atoms with Crippen LogP contribution in [0, 0.1) is 0 Å². The molecule has 2 aliphatic heterocycles. The highest BCUT2D eigenvalue weighted by atomic mass is 32.2. The average Bonchev–Trinajstić information content (AvgIpc) is 2.86. The fraction of sp³-hybridized carbons (Fsp3) is 0.750. The van der Waals surface area contributed by atoms with Crippen molar-refractivity contribution in [2.45, 2.75) is 23.6 Å². The van der Waals surface area contributed by atoms with Crippen molar-refractivity contribution in [2.75, 3.05) is 33.3 Å². The Bertz CT molecular complexity index is 585. The molecule has 2 saturated heterocycles. The number of rotatable bonds is 2. The van der Waals surface area contributed by atoms with E-state index < -0.39 is 10.0 Å². The van der Waals surface area contributed by atoms with E-state index in [0.29, 0.717) is 13.1 Å². The predicted molar refractivity (Wildman–Crippen MR) is 72.7 cm³/mol. The average molecular weight is 300 g/mol. The summed E-state index contributed by atoms with van der Waals surface area (Å²) in [5, 5.41) is 4.20. The molecule has 2 aliphatic rings. The Labute approximate surface area is 119 Å². The molecule has 1 aromatic heterocycles. The highest BCUT2D eigenvalue weighted by Crippen LogP contribution is 2.26. The lowest BCUT2D eigenvalue weighted by Crippen LogP contribution is -2.59. The van der Waals surface area contributed by atoms with E-state index in [1.165, 1.54) is 10.9 Å². The molecule has 20 heavy (non-hydrogen) atoms. The highest BCUT2D eigenvalue weighted by Gasteiger charge is 2.40. The van der Waals surface area contributed by atoms with Crippen LogP contribution in [0.5, 0.6) is 0 Å². The second-order valence-electron chi connectivity index (χ2n) is 5.40. The van der Waals surface area contributed by atoms with Gasteiger partial charge in [-0.15, -0.1) is 0 Å². The molecular formula is C12H20N4O3S. The standard InChI is InChI=1S/C12H20N4O3S/c1-14-7-8-19-11-4-6-16(9-10(11)14)20(17,18)12-3-5-13-15(12)2/h3,5,10-11H,4,6-9H2,1-2H3. The summed E-state index contributed by atoms with van der Waals surface area (Å²) in [7, 11) is 0.205. The summed E-state index contributed by atoms with van der Waals surface area (Å²) in [4.78, 5) is 2.19. The molecule has 0 bridgehead atoms. The quantitative estimate of drug-likeness (QED) is 0.737. The van der Waals surface area contributed by atoms with Gasteiger partial charge in [-0.25, -0.2) is 8.42 Å². The Kier molecular flexibility index (Phi) is 3.57. The van der Waals surface area contributed by atoms with Crippen LogP contribution in [0.15, 0.2) is 17.3 Å². The molecule has 1 aromatic rings. The summed E-state index contributed by atoms with van der Waals surface area (Å²) in [5.41, 5.74) is 0. The van der Waals surface area contributed by atoms with Crippen LogP contribution in [0.3, 0.4) is 0 Å². The van der Waals surface area contributed by atoms with E-state index >= 15 is 0 Å². The molecular weight excluding hydrogens is 280 g/mol. The molecule has 112 valence electrons. The van der Waals surface area contributed by atoms with E-state index in [2.05, 4.69) is 10.00 Å². The number of piperidine rings is 1. The van der Waals surface area contributed by atoms with Crippen LogP contribution in [0.25, 0.3) is 0 Å². The third-order valence-electron chi connectivity index (χ3n) is 4.21. The lowest BCUT2D eigenvalue weighted by Gasteiger charge is -2.45. The zero-order valence-electron chi connectivity index (χ0n) is 11.8. The number of aryl methyl sites for hydroxylation is 1. The minimum absolute atomic E-state index is 0.139. The van der Waals surface area contributed by atoms with Crippen molar-refractivity contribution in [3.05, 3.63) is 12.3 Å². The molecule has 0 aromatic carbocycles. The van der Waals surface area contributed by atoms with Gasteiger partial charge in [0.15, 0.2) is 5.03 Å². The van der Waals surface area contributed by atoms with Crippen LogP contribution in [0.2, 0.25) is 0 Å². The van der Waals surface area contributed by atoms with Gasteiger partial charge in [-0.05, 0) is 19.5 Å². The van der Waals surface area contributed by atoms with E-state index in [-0.39, 0.29) is 17.2 Å². The molecule has 2 atom stereocenters. The van der Waals surface area contributed by atoms with Crippen molar-refractivity contribution in [3.8, 4) is 0 Å². The summed E-state index contributed by atoms with van der Waals surface area (Å²) in [5.74, 6) is 0. The van der Waals surface area contributed by atoms with Gasteiger partial charge >= 0.3 is 0 Å². The normalized spacial score (nSPS) is 29.3. The molecule has 0 spiro atoms.